The summed E-state index contributed by atoms with van der Waals surface area (Å²) in [7, 11) is 0. The zero-order valence-corrected chi connectivity index (χ0v) is 10.6. The third-order valence-electron chi connectivity index (χ3n) is 2.40. The molecule has 0 unspecified atom stereocenters. The number of hydrogen-bond donors (Lipinski definition) is 3. The van der Waals surface area contributed by atoms with Crippen molar-refractivity contribution in [3.8, 4) is 11.4 Å². The highest BCUT2D eigenvalue weighted by molar-refractivity contribution is 6.04. The van der Waals surface area contributed by atoms with E-state index in [1.165, 1.54) is 0 Å². The molecule has 20 heavy (non-hydrogen) atoms. The van der Waals surface area contributed by atoms with Crippen LogP contribution in [0.5, 0.6) is 0 Å². The lowest BCUT2D eigenvalue weighted by Gasteiger charge is -2.06. The molecule has 0 aliphatic carbocycles. The van der Waals surface area contributed by atoms with Gasteiger partial charge in [0.2, 0.25) is 5.91 Å². The molecule has 3 N–H and O–H groups in total. The lowest BCUT2D eigenvalue weighted by Crippen LogP contribution is -2.09. The number of benzene rings is 1. The number of aryl methyl sites for hydroxylation is 1. The number of para-hydroxylation sites is 1. The number of aromatic nitrogens is 3. The van der Waals surface area contributed by atoms with Gasteiger partial charge in [0.25, 0.3) is 0 Å². The van der Waals surface area contributed by atoms with Crippen molar-refractivity contribution in [1.29, 1.82) is 0 Å². The van der Waals surface area contributed by atoms with Crippen molar-refractivity contribution in [3.63, 3.8) is 0 Å². The van der Waals surface area contributed by atoms with Crippen LogP contribution in [0.4, 0.5) is 5.69 Å². The fourth-order valence-electron chi connectivity index (χ4n) is 1.57. The van der Waals surface area contributed by atoms with Gasteiger partial charge in [0.05, 0.1) is 5.69 Å². The average molecular weight is 272 g/mol. The number of hydrogen-bond acceptors (Lipinski definition) is 4. The molecule has 1 heterocycles. The van der Waals surface area contributed by atoms with Crippen LogP contribution >= 0.6 is 0 Å². The standard InChI is InChI=1S/C13H12N4O3/c1-8-14-13(17-16-8)9-4-2-3-5-10(9)15-11(18)6-7-12(19)20/h2-7H,1H3,(H,15,18)(H,19,20)(H,14,16,17)/b7-6+. The quantitative estimate of drug-likeness (QED) is 0.728. The molecule has 1 amide bonds. The molecule has 1 aromatic carbocycles. The summed E-state index contributed by atoms with van der Waals surface area (Å²) in [5.74, 6) is -0.599. The zero-order valence-electron chi connectivity index (χ0n) is 10.6. The van der Waals surface area contributed by atoms with Crippen LogP contribution in [0.15, 0.2) is 36.4 Å². The van der Waals surface area contributed by atoms with Crippen LogP contribution in [0, 0.1) is 6.92 Å². The molecule has 2 rings (SSSR count). The monoisotopic (exact) mass is 272 g/mol. The highest BCUT2D eigenvalue weighted by atomic mass is 16.4. The van der Waals surface area contributed by atoms with Gasteiger partial charge in [-0.3, -0.25) is 9.89 Å². The van der Waals surface area contributed by atoms with Gasteiger partial charge in [0.15, 0.2) is 5.82 Å². The number of carbonyl (C=O) groups excluding carboxylic acids is 1. The maximum atomic E-state index is 11.6. The van der Waals surface area contributed by atoms with Gasteiger partial charge >= 0.3 is 5.97 Å². The number of carboxylic acid groups (broad SMARTS) is 1. The summed E-state index contributed by atoms with van der Waals surface area (Å²) in [6.45, 7) is 1.77. The van der Waals surface area contributed by atoms with Crippen LogP contribution in [0.1, 0.15) is 5.82 Å². The molecular weight excluding hydrogens is 260 g/mol. The number of carbonyl (C=O) groups is 2. The molecule has 0 bridgehead atoms. The summed E-state index contributed by atoms with van der Waals surface area (Å²) in [4.78, 5) is 26.1. The van der Waals surface area contributed by atoms with Crippen molar-refractivity contribution in [2.45, 2.75) is 6.92 Å². The second-order valence-corrected chi connectivity index (χ2v) is 3.95. The first kappa shape index (κ1) is 13.5. The lowest BCUT2D eigenvalue weighted by molar-refractivity contribution is -0.131. The van der Waals surface area contributed by atoms with Crippen LogP contribution < -0.4 is 5.32 Å². The lowest BCUT2D eigenvalue weighted by atomic mass is 10.1. The summed E-state index contributed by atoms with van der Waals surface area (Å²) in [5, 5.41) is 17.8. The molecule has 0 saturated heterocycles. The van der Waals surface area contributed by atoms with Crippen LogP contribution in [0.2, 0.25) is 0 Å². The van der Waals surface area contributed by atoms with E-state index in [1.54, 1.807) is 31.2 Å². The fourth-order valence-corrected chi connectivity index (χ4v) is 1.57. The largest absolute Gasteiger partial charge is 0.478 e. The topological polar surface area (TPSA) is 108 Å². The SMILES string of the molecule is Cc1nc(-c2ccccc2NC(=O)/C=C/C(=O)O)n[nH]1. The van der Waals surface area contributed by atoms with Crippen molar-refractivity contribution in [2.75, 3.05) is 5.32 Å². The van der Waals surface area contributed by atoms with Crippen molar-refractivity contribution >= 4 is 17.6 Å². The molecule has 7 heteroatoms. The Labute approximate surface area is 114 Å². The predicted octanol–water partition coefficient (Wildman–Crippen LogP) is 1.36. The molecule has 0 saturated carbocycles. The summed E-state index contributed by atoms with van der Waals surface area (Å²) in [6, 6.07) is 7.00. The Hall–Kier alpha value is -2.96. The number of amides is 1. The smallest absolute Gasteiger partial charge is 0.328 e. The molecule has 0 spiro atoms. The number of H-pyrrole nitrogens is 1. The first-order valence-electron chi connectivity index (χ1n) is 5.76. The van der Waals surface area contributed by atoms with E-state index in [1.807, 2.05) is 0 Å². The summed E-state index contributed by atoms with van der Waals surface area (Å²) < 4.78 is 0. The van der Waals surface area contributed by atoms with Crippen molar-refractivity contribution in [1.82, 2.24) is 15.2 Å². The first-order chi connectivity index (χ1) is 9.56. The molecule has 2 aromatic rings. The number of nitrogens with one attached hydrogen (secondary N) is 2. The Morgan fingerprint density at radius 1 is 1.30 bits per heavy atom. The highest BCUT2D eigenvalue weighted by Gasteiger charge is 2.10. The summed E-state index contributed by atoms with van der Waals surface area (Å²) >= 11 is 0. The molecule has 7 nitrogen and oxygen atoms in total. The Morgan fingerprint density at radius 3 is 2.70 bits per heavy atom. The van der Waals surface area contributed by atoms with Crippen LogP contribution in [0.3, 0.4) is 0 Å². The molecule has 102 valence electrons. The number of aromatic amines is 1. The molecular formula is C13H12N4O3. The van der Waals surface area contributed by atoms with Gasteiger partial charge in [0, 0.05) is 17.7 Å². The average Bonchev–Trinajstić information content (AvgIpc) is 2.83. The van der Waals surface area contributed by atoms with E-state index in [9.17, 15) is 9.59 Å². The fraction of sp³-hybridized carbons (Fsp3) is 0.0769. The van der Waals surface area contributed by atoms with Gasteiger partial charge in [-0.15, -0.1) is 0 Å². The Kier molecular flexibility index (Phi) is 3.90. The minimum Gasteiger partial charge on any atom is -0.478 e. The second kappa shape index (κ2) is 5.79. The Balaban J connectivity index is 2.25. The Bertz CT molecular complexity index is 676. The van der Waals surface area contributed by atoms with Crippen molar-refractivity contribution in [2.24, 2.45) is 0 Å². The van der Waals surface area contributed by atoms with Gasteiger partial charge < -0.3 is 10.4 Å². The minimum absolute atomic E-state index is 0.459. The maximum absolute atomic E-state index is 11.6. The second-order valence-electron chi connectivity index (χ2n) is 3.95. The summed E-state index contributed by atoms with van der Waals surface area (Å²) in [6.07, 6.45) is 1.72. The number of nitrogens with zero attached hydrogens (tertiary/aromatic N) is 2. The van der Waals surface area contributed by atoms with Crippen molar-refractivity contribution < 1.29 is 14.7 Å². The number of rotatable bonds is 4. The van der Waals surface area contributed by atoms with E-state index >= 15 is 0 Å². The molecule has 0 radical (unpaired) electrons. The van der Waals surface area contributed by atoms with Crippen LogP contribution in [-0.4, -0.2) is 32.2 Å². The predicted molar refractivity (Wildman–Crippen MR) is 72.0 cm³/mol. The maximum Gasteiger partial charge on any atom is 0.328 e. The normalized spacial score (nSPS) is 10.7. The Morgan fingerprint density at radius 2 is 2.05 bits per heavy atom. The zero-order chi connectivity index (χ0) is 14.5. The molecule has 0 aliphatic rings. The molecule has 0 fully saturated rings. The van der Waals surface area contributed by atoms with Crippen LogP contribution in [0.25, 0.3) is 11.4 Å². The van der Waals surface area contributed by atoms with Gasteiger partial charge in [-0.2, -0.15) is 5.10 Å². The van der Waals surface area contributed by atoms with E-state index in [0.29, 0.717) is 22.9 Å². The van der Waals surface area contributed by atoms with Gasteiger partial charge in [0.1, 0.15) is 5.82 Å². The van der Waals surface area contributed by atoms with Gasteiger partial charge in [-0.25, -0.2) is 9.78 Å². The highest BCUT2D eigenvalue weighted by Crippen LogP contribution is 2.24. The first-order valence-corrected chi connectivity index (χ1v) is 5.76. The van der Waals surface area contributed by atoms with Gasteiger partial charge in [-0.1, -0.05) is 12.1 Å². The summed E-state index contributed by atoms with van der Waals surface area (Å²) in [5.41, 5.74) is 1.15. The third kappa shape index (κ3) is 3.29. The van der Waals surface area contributed by atoms with E-state index < -0.39 is 11.9 Å². The van der Waals surface area contributed by atoms with E-state index in [4.69, 9.17) is 5.11 Å². The number of carboxylic acids is 1. The van der Waals surface area contributed by atoms with E-state index in [-0.39, 0.29) is 0 Å². The minimum atomic E-state index is -1.18. The third-order valence-corrected chi connectivity index (χ3v) is 2.40. The molecule has 0 atom stereocenters. The van der Waals surface area contributed by atoms with E-state index in [0.717, 1.165) is 12.2 Å². The van der Waals surface area contributed by atoms with Crippen molar-refractivity contribution in [3.05, 3.63) is 42.2 Å². The van der Waals surface area contributed by atoms with E-state index in [2.05, 4.69) is 20.5 Å². The van der Waals surface area contributed by atoms with Crippen LogP contribution in [-0.2, 0) is 9.59 Å². The molecule has 1 aromatic heterocycles. The number of anilines is 1. The van der Waals surface area contributed by atoms with Gasteiger partial charge in [-0.05, 0) is 19.1 Å². The molecule has 0 aliphatic heterocycles. The number of aliphatic carboxylic acids is 1.